The van der Waals surface area contributed by atoms with Crippen molar-refractivity contribution in [3.05, 3.63) is 29.3 Å². The molecule has 1 aromatic carbocycles. The highest BCUT2D eigenvalue weighted by Crippen LogP contribution is 2.25. The van der Waals surface area contributed by atoms with Crippen LogP contribution >= 0.6 is 0 Å². The van der Waals surface area contributed by atoms with Crippen molar-refractivity contribution in [2.45, 2.75) is 38.1 Å². The summed E-state index contributed by atoms with van der Waals surface area (Å²) in [5.74, 6) is 0.112. The zero-order chi connectivity index (χ0) is 11.7. The number of carbonyl (C=O) groups is 1. The van der Waals surface area contributed by atoms with Gasteiger partial charge in [0.15, 0.2) is 0 Å². The van der Waals surface area contributed by atoms with Crippen LogP contribution in [0.4, 0.5) is 5.69 Å². The first kappa shape index (κ1) is 10.8. The topological polar surface area (TPSA) is 41.1 Å². The molecule has 1 aliphatic heterocycles. The zero-order valence-electron chi connectivity index (χ0n) is 9.96. The minimum Gasteiger partial charge on any atom is -0.325 e. The third-order valence-corrected chi connectivity index (χ3v) is 3.74. The second-order valence-electron chi connectivity index (χ2n) is 4.98. The van der Waals surface area contributed by atoms with Gasteiger partial charge in [-0.2, -0.15) is 0 Å². The number of hydrogen-bond acceptors (Lipinski definition) is 2. The maximum atomic E-state index is 11.9. The molecule has 1 fully saturated rings. The molecule has 3 heteroatoms. The average molecular weight is 230 g/mol. The van der Waals surface area contributed by atoms with E-state index < -0.39 is 0 Å². The molecule has 1 atom stereocenters. The Balaban J connectivity index is 1.70. The van der Waals surface area contributed by atoms with Crippen molar-refractivity contribution in [2.24, 2.45) is 0 Å². The molecular formula is C14H18N2O. The van der Waals surface area contributed by atoms with E-state index >= 15 is 0 Å². The number of fused-ring (bicyclic) bond motifs is 1. The molecule has 0 spiro atoms. The fraction of sp³-hybridized carbons (Fsp3) is 0.500. The van der Waals surface area contributed by atoms with E-state index in [0.717, 1.165) is 31.5 Å². The summed E-state index contributed by atoms with van der Waals surface area (Å²) in [6.45, 7) is 0.961. The largest absolute Gasteiger partial charge is 0.325 e. The number of hydrogen-bond donors (Lipinski definition) is 2. The number of amides is 1. The first-order valence-corrected chi connectivity index (χ1v) is 6.49. The van der Waals surface area contributed by atoms with Crippen LogP contribution in [0, 0.1) is 0 Å². The normalized spacial score (nSPS) is 22.5. The third-order valence-electron chi connectivity index (χ3n) is 3.74. The van der Waals surface area contributed by atoms with E-state index in [0.29, 0.717) is 0 Å². The van der Waals surface area contributed by atoms with E-state index in [1.54, 1.807) is 0 Å². The van der Waals surface area contributed by atoms with Crippen LogP contribution in [0.15, 0.2) is 18.2 Å². The van der Waals surface area contributed by atoms with Crippen molar-refractivity contribution < 1.29 is 4.79 Å². The Hall–Kier alpha value is -1.35. The van der Waals surface area contributed by atoms with Crippen LogP contribution in [0.25, 0.3) is 0 Å². The van der Waals surface area contributed by atoms with E-state index in [1.165, 1.54) is 24.0 Å². The number of aryl methyl sites for hydroxylation is 2. The predicted molar refractivity (Wildman–Crippen MR) is 68.1 cm³/mol. The minimum atomic E-state index is 0.00301. The summed E-state index contributed by atoms with van der Waals surface area (Å²) >= 11 is 0. The van der Waals surface area contributed by atoms with Crippen molar-refractivity contribution in [3.63, 3.8) is 0 Å². The second kappa shape index (κ2) is 4.49. The van der Waals surface area contributed by atoms with E-state index in [-0.39, 0.29) is 11.9 Å². The summed E-state index contributed by atoms with van der Waals surface area (Å²) in [6, 6.07) is 6.31. The highest BCUT2D eigenvalue weighted by atomic mass is 16.2. The molecule has 0 aromatic heterocycles. The lowest BCUT2D eigenvalue weighted by molar-refractivity contribution is -0.117. The van der Waals surface area contributed by atoms with Gasteiger partial charge in [-0.25, -0.2) is 0 Å². The highest BCUT2D eigenvalue weighted by molar-refractivity contribution is 5.95. The van der Waals surface area contributed by atoms with Gasteiger partial charge in [-0.3, -0.25) is 4.79 Å². The smallest absolute Gasteiger partial charge is 0.241 e. The fourth-order valence-electron chi connectivity index (χ4n) is 2.79. The molecular weight excluding hydrogens is 212 g/mol. The Morgan fingerprint density at radius 2 is 2.12 bits per heavy atom. The monoisotopic (exact) mass is 230 g/mol. The molecule has 0 radical (unpaired) electrons. The standard InChI is InChI=1S/C14H18N2O/c17-14(13-5-2-8-15-13)16-12-7-6-10-3-1-4-11(10)9-12/h6-7,9,13,15H,1-5,8H2,(H,16,17)/t13-/m1/s1. The zero-order valence-corrected chi connectivity index (χ0v) is 9.96. The summed E-state index contributed by atoms with van der Waals surface area (Å²) in [4.78, 5) is 11.9. The number of anilines is 1. The SMILES string of the molecule is O=C(Nc1ccc2c(c1)CCC2)[C@H]1CCCN1. The van der Waals surface area contributed by atoms with Crippen molar-refractivity contribution in [3.8, 4) is 0 Å². The van der Waals surface area contributed by atoms with E-state index in [1.807, 2.05) is 6.07 Å². The van der Waals surface area contributed by atoms with Crippen LogP contribution in [-0.4, -0.2) is 18.5 Å². The third kappa shape index (κ3) is 2.20. The molecule has 1 heterocycles. The summed E-state index contributed by atoms with van der Waals surface area (Å²) in [5, 5.41) is 6.23. The van der Waals surface area contributed by atoms with Crippen molar-refractivity contribution in [1.29, 1.82) is 0 Å². The van der Waals surface area contributed by atoms with Gasteiger partial charge < -0.3 is 10.6 Å². The van der Waals surface area contributed by atoms with Gasteiger partial charge in [-0.15, -0.1) is 0 Å². The Kier molecular flexibility index (Phi) is 2.85. The van der Waals surface area contributed by atoms with Crippen LogP contribution in [-0.2, 0) is 17.6 Å². The molecule has 0 bridgehead atoms. The van der Waals surface area contributed by atoms with Crippen LogP contribution in [0.1, 0.15) is 30.4 Å². The van der Waals surface area contributed by atoms with Crippen molar-refractivity contribution in [2.75, 3.05) is 11.9 Å². The van der Waals surface area contributed by atoms with Gasteiger partial charge in [0.2, 0.25) is 5.91 Å². The van der Waals surface area contributed by atoms with Gasteiger partial charge >= 0.3 is 0 Å². The quantitative estimate of drug-likeness (QED) is 0.814. The number of carbonyl (C=O) groups excluding carboxylic acids is 1. The average Bonchev–Trinajstić information content (AvgIpc) is 2.99. The molecule has 1 saturated heterocycles. The highest BCUT2D eigenvalue weighted by Gasteiger charge is 2.22. The summed E-state index contributed by atoms with van der Waals surface area (Å²) in [7, 11) is 0. The Labute approximate surface area is 102 Å². The maximum Gasteiger partial charge on any atom is 0.241 e. The lowest BCUT2D eigenvalue weighted by Crippen LogP contribution is -2.35. The lowest BCUT2D eigenvalue weighted by Gasteiger charge is -2.12. The lowest BCUT2D eigenvalue weighted by atomic mass is 10.1. The summed E-state index contributed by atoms with van der Waals surface area (Å²) in [6.07, 6.45) is 5.64. The van der Waals surface area contributed by atoms with Crippen LogP contribution < -0.4 is 10.6 Å². The fourth-order valence-corrected chi connectivity index (χ4v) is 2.79. The molecule has 1 aliphatic carbocycles. The van der Waals surface area contributed by atoms with Gasteiger partial charge in [0.1, 0.15) is 0 Å². The van der Waals surface area contributed by atoms with Crippen molar-refractivity contribution >= 4 is 11.6 Å². The molecule has 3 rings (SSSR count). The van der Waals surface area contributed by atoms with Crippen LogP contribution in [0.3, 0.4) is 0 Å². The molecule has 90 valence electrons. The van der Waals surface area contributed by atoms with Gasteiger partial charge in [0.25, 0.3) is 0 Å². The van der Waals surface area contributed by atoms with Crippen LogP contribution in [0.5, 0.6) is 0 Å². The molecule has 2 N–H and O–H groups in total. The number of rotatable bonds is 2. The molecule has 1 aromatic rings. The molecule has 1 amide bonds. The van der Waals surface area contributed by atoms with Crippen molar-refractivity contribution in [1.82, 2.24) is 5.32 Å². The Morgan fingerprint density at radius 3 is 2.94 bits per heavy atom. The first-order chi connectivity index (χ1) is 8.33. The Bertz CT molecular complexity index is 436. The van der Waals surface area contributed by atoms with Gasteiger partial charge in [0, 0.05) is 5.69 Å². The van der Waals surface area contributed by atoms with E-state index in [4.69, 9.17) is 0 Å². The summed E-state index contributed by atoms with van der Waals surface area (Å²) < 4.78 is 0. The van der Waals surface area contributed by atoms with E-state index in [2.05, 4.69) is 22.8 Å². The molecule has 3 nitrogen and oxygen atoms in total. The minimum absolute atomic E-state index is 0.00301. The van der Waals surface area contributed by atoms with E-state index in [9.17, 15) is 4.79 Å². The molecule has 0 saturated carbocycles. The second-order valence-corrected chi connectivity index (χ2v) is 4.98. The number of nitrogens with one attached hydrogen (secondary N) is 2. The predicted octanol–water partition coefficient (Wildman–Crippen LogP) is 1.87. The first-order valence-electron chi connectivity index (χ1n) is 6.49. The van der Waals surface area contributed by atoms with Gasteiger partial charge in [-0.05, 0) is 61.9 Å². The molecule has 2 aliphatic rings. The maximum absolute atomic E-state index is 11.9. The number of benzene rings is 1. The summed E-state index contributed by atoms with van der Waals surface area (Å²) in [5.41, 5.74) is 3.80. The Morgan fingerprint density at radius 1 is 1.24 bits per heavy atom. The van der Waals surface area contributed by atoms with Gasteiger partial charge in [0.05, 0.1) is 6.04 Å². The van der Waals surface area contributed by atoms with Gasteiger partial charge in [-0.1, -0.05) is 6.07 Å². The molecule has 0 unspecified atom stereocenters. The molecule has 17 heavy (non-hydrogen) atoms. The van der Waals surface area contributed by atoms with Crippen LogP contribution in [0.2, 0.25) is 0 Å².